The molecule has 0 saturated carbocycles. The highest BCUT2D eigenvalue weighted by atomic mass is 16.5. The van der Waals surface area contributed by atoms with E-state index in [2.05, 4.69) is 20.2 Å². The second-order valence-electron chi connectivity index (χ2n) is 7.25. The molecule has 0 bridgehead atoms. The largest absolute Gasteiger partial charge is 0.497 e. The van der Waals surface area contributed by atoms with E-state index in [4.69, 9.17) is 18.7 Å². The summed E-state index contributed by atoms with van der Waals surface area (Å²) < 4.78 is 24.1. The Morgan fingerprint density at radius 2 is 1.76 bits per heavy atom. The van der Waals surface area contributed by atoms with Crippen molar-refractivity contribution in [1.29, 1.82) is 0 Å². The average molecular weight is 460 g/mol. The van der Waals surface area contributed by atoms with Crippen molar-refractivity contribution >= 4 is 11.0 Å². The highest BCUT2D eigenvalue weighted by Gasteiger charge is 2.16. The molecule has 0 fully saturated rings. The molecular weight excluding hydrogens is 440 g/mol. The number of nitrogens with zero attached hydrogens (tertiary/aromatic N) is 6. The predicted molar refractivity (Wildman–Crippen MR) is 122 cm³/mol. The quantitative estimate of drug-likeness (QED) is 0.361. The first-order valence-corrected chi connectivity index (χ1v) is 10.2. The van der Waals surface area contributed by atoms with E-state index in [-0.39, 0.29) is 18.0 Å². The van der Waals surface area contributed by atoms with Gasteiger partial charge in [-0.05, 0) is 42.5 Å². The van der Waals surface area contributed by atoms with Crippen LogP contribution in [0.4, 0.5) is 0 Å². The predicted octanol–water partition coefficient (Wildman–Crippen LogP) is 2.71. The van der Waals surface area contributed by atoms with Crippen LogP contribution in [0, 0.1) is 0 Å². The molecule has 5 aromatic rings. The third-order valence-electron chi connectivity index (χ3n) is 5.29. The van der Waals surface area contributed by atoms with Crippen LogP contribution < -0.4 is 19.8 Å². The molecule has 172 valence electrons. The number of rotatable bonds is 7. The number of hydrogen-bond acceptors (Lipinski definition) is 9. The number of ether oxygens (including phenoxy) is 3. The number of fused-ring (bicyclic) bond motifs is 1. The average Bonchev–Trinajstić information content (AvgIpc) is 3.53. The Bertz CT molecular complexity index is 1520. The van der Waals surface area contributed by atoms with Crippen LogP contribution >= 0.6 is 0 Å². The molecule has 0 spiro atoms. The van der Waals surface area contributed by atoms with Crippen LogP contribution in [0.1, 0.15) is 5.89 Å². The van der Waals surface area contributed by atoms with Gasteiger partial charge in [-0.25, -0.2) is 9.67 Å². The Morgan fingerprint density at radius 3 is 2.50 bits per heavy atom. The first-order chi connectivity index (χ1) is 16.6. The minimum absolute atomic E-state index is 0.0653. The van der Waals surface area contributed by atoms with Crippen LogP contribution in [0.15, 0.2) is 64.3 Å². The fourth-order valence-electron chi connectivity index (χ4n) is 3.53. The molecule has 3 heterocycles. The Labute approximate surface area is 193 Å². The molecule has 0 N–H and O–H groups in total. The van der Waals surface area contributed by atoms with Crippen LogP contribution in [0.25, 0.3) is 28.1 Å². The van der Waals surface area contributed by atoms with Gasteiger partial charge in [-0.3, -0.25) is 9.36 Å². The van der Waals surface area contributed by atoms with Gasteiger partial charge in [0.25, 0.3) is 5.56 Å². The maximum atomic E-state index is 13.0. The van der Waals surface area contributed by atoms with Crippen LogP contribution in [0.2, 0.25) is 0 Å². The molecule has 3 aromatic heterocycles. The Hall–Kier alpha value is -4.67. The minimum atomic E-state index is -0.268. The smallest absolute Gasteiger partial charge is 0.264 e. The van der Waals surface area contributed by atoms with Crippen molar-refractivity contribution in [2.45, 2.75) is 6.54 Å². The Morgan fingerprint density at radius 1 is 0.971 bits per heavy atom. The summed E-state index contributed by atoms with van der Waals surface area (Å²) in [7, 11) is 4.71. The summed E-state index contributed by atoms with van der Waals surface area (Å²) in [6.45, 7) is 0.0653. The zero-order valence-corrected chi connectivity index (χ0v) is 18.6. The van der Waals surface area contributed by atoms with Gasteiger partial charge < -0.3 is 18.7 Å². The highest BCUT2D eigenvalue weighted by Crippen LogP contribution is 2.31. The van der Waals surface area contributed by atoms with E-state index in [0.717, 1.165) is 11.4 Å². The number of benzene rings is 2. The van der Waals surface area contributed by atoms with Crippen LogP contribution in [0.5, 0.6) is 17.2 Å². The Balaban J connectivity index is 1.42. The lowest BCUT2D eigenvalue weighted by Crippen LogP contribution is -2.21. The van der Waals surface area contributed by atoms with E-state index in [0.29, 0.717) is 33.9 Å². The lowest BCUT2D eigenvalue weighted by Gasteiger charge is -2.07. The van der Waals surface area contributed by atoms with Gasteiger partial charge in [0, 0.05) is 5.56 Å². The van der Waals surface area contributed by atoms with Crippen LogP contribution in [0.3, 0.4) is 0 Å². The second kappa shape index (κ2) is 8.70. The van der Waals surface area contributed by atoms with Crippen LogP contribution in [-0.2, 0) is 6.54 Å². The summed E-state index contributed by atoms with van der Waals surface area (Å²) in [5, 5.41) is 8.72. The summed E-state index contributed by atoms with van der Waals surface area (Å²) in [4.78, 5) is 21.9. The number of aromatic nitrogens is 6. The first kappa shape index (κ1) is 21.2. The molecule has 2 aromatic carbocycles. The van der Waals surface area contributed by atoms with E-state index in [1.165, 1.54) is 17.1 Å². The van der Waals surface area contributed by atoms with Crippen molar-refractivity contribution in [3.8, 4) is 34.3 Å². The fraction of sp³-hybridized carbons (Fsp3) is 0.174. The van der Waals surface area contributed by atoms with Crippen molar-refractivity contribution in [3.63, 3.8) is 0 Å². The molecule has 0 aliphatic rings. The molecule has 11 heteroatoms. The third kappa shape index (κ3) is 3.72. The summed E-state index contributed by atoms with van der Waals surface area (Å²) in [6, 6.07) is 12.6. The highest BCUT2D eigenvalue weighted by molar-refractivity contribution is 5.75. The van der Waals surface area contributed by atoms with Gasteiger partial charge in [0.2, 0.25) is 11.7 Å². The van der Waals surface area contributed by atoms with E-state index in [1.54, 1.807) is 44.2 Å². The molecule has 0 unspecified atom stereocenters. The number of hydrogen-bond donors (Lipinski definition) is 0. The van der Waals surface area contributed by atoms with Gasteiger partial charge in [0.15, 0.2) is 17.1 Å². The van der Waals surface area contributed by atoms with Gasteiger partial charge in [-0.2, -0.15) is 10.1 Å². The third-order valence-corrected chi connectivity index (χ3v) is 5.29. The molecule has 0 saturated heterocycles. The van der Waals surface area contributed by atoms with Crippen LogP contribution in [-0.4, -0.2) is 50.8 Å². The van der Waals surface area contributed by atoms with Crippen molar-refractivity contribution in [2.75, 3.05) is 21.3 Å². The monoisotopic (exact) mass is 460 g/mol. The lowest BCUT2D eigenvalue weighted by molar-refractivity contribution is 0.355. The zero-order valence-electron chi connectivity index (χ0n) is 18.6. The van der Waals surface area contributed by atoms with Crippen molar-refractivity contribution < 1.29 is 18.7 Å². The van der Waals surface area contributed by atoms with E-state index in [1.807, 2.05) is 24.3 Å². The molecule has 0 aliphatic carbocycles. The van der Waals surface area contributed by atoms with Gasteiger partial charge in [0.05, 0.1) is 33.2 Å². The van der Waals surface area contributed by atoms with Crippen molar-refractivity contribution in [2.24, 2.45) is 0 Å². The Kier molecular flexibility index (Phi) is 5.42. The fourth-order valence-corrected chi connectivity index (χ4v) is 3.53. The molecular formula is C23H20N6O5. The topological polar surface area (TPSA) is 119 Å². The normalized spacial score (nSPS) is 11.0. The van der Waals surface area contributed by atoms with Gasteiger partial charge in [-0.15, -0.1) is 0 Å². The summed E-state index contributed by atoms with van der Waals surface area (Å²) in [5.41, 5.74) is 1.63. The molecule has 34 heavy (non-hydrogen) atoms. The van der Waals surface area contributed by atoms with Gasteiger partial charge in [0.1, 0.15) is 24.0 Å². The van der Waals surface area contributed by atoms with Gasteiger partial charge in [-0.1, -0.05) is 5.16 Å². The van der Waals surface area contributed by atoms with E-state index in [9.17, 15) is 4.79 Å². The second-order valence-corrected chi connectivity index (χ2v) is 7.25. The molecule has 0 radical (unpaired) electrons. The van der Waals surface area contributed by atoms with Crippen molar-refractivity contribution in [3.05, 3.63) is 71.2 Å². The molecule has 0 amide bonds. The SMILES string of the molecule is COc1ccc(-n2ncc3c(=O)n(Cc4nc(-c5ccc(OC)c(OC)c5)no4)cnc32)cc1. The first-order valence-electron chi connectivity index (χ1n) is 10.2. The minimum Gasteiger partial charge on any atom is -0.497 e. The van der Waals surface area contributed by atoms with Crippen molar-refractivity contribution in [1.82, 2.24) is 29.5 Å². The lowest BCUT2D eigenvalue weighted by atomic mass is 10.2. The summed E-state index contributed by atoms with van der Waals surface area (Å²) >= 11 is 0. The number of methoxy groups -OCH3 is 3. The molecule has 0 aliphatic heterocycles. The molecule has 11 nitrogen and oxygen atoms in total. The summed E-state index contributed by atoms with van der Waals surface area (Å²) in [6.07, 6.45) is 2.93. The maximum Gasteiger partial charge on any atom is 0.264 e. The standard InChI is InChI=1S/C23H20N6O5/c1-31-16-7-5-15(6-8-16)29-22-17(11-25-29)23(30)28(13-24-22)12-20-26-21(27-34-20)14-4-9-18(32-2)19(10-14)33-3/h4-11,13H,12H2,1-3H3. The van der Waals surface area contributed by atoms with E-state index < -0.39 is 0 Å². The van der Waals surface area contributed by atoms with Gasteiger partial charge >= 0.3 is 0 Å². The molecule has 5 rings (SSSR count). The molecule has 0 atom stereocenters. The maximum absolute atomic E-state index is 13.0. The summed E-state index contributed by atoms with van der Waals surface area (Å²) in [5.74, 6) is 2.49. The zero-order chi connectivity index (χ0) is 23.7. The van der Waals surface area contributed by atoms with E-state index >= 15 is 0 Å².